The van der Waals surface area contributed by atoms with Crippen LogP contribution in [0.2, 0.25) is 0 Å². The lowest BCUT2D eigenvalue weighted by molar-refractivity contribution is -0.132. The summed E-state index contributed by atoms with van der Waals surface area (Å²) in [5.41, 5.74) is 3.02. The van der Waals surface area contributed by atoms with E-state index in [0.717, 1.165) is 22.6 Å². The molecule has 9 heteroatoms. The molecule has 44 heavy (non-hydrogen) atoms. The van der Waals surface area contributed by atoms with Crippen LogP contribution >= 0.6 is 0 Å². The lowest BCUT2D eigenvalue weighted by Gasteiger charge is -2.36. The fraction of sp³-hybridized carbons (Fsp3) is 0.343. The van der Waals surface area contributed by atoms with Gasteiger partial charge >= 0.3 is 12.1 Å². The van der Waals surface area contributed by atoms with Crippen molar-refractivity contribution in [1.29, 1.82) is 0 Å². The van der Waals surface area contributed by atoms with E-state index in [-0.39, 0.29) is 18.3 Å². The molecule has 0 bridgehead atoms. The topological polar surface area (TPSA) is 94.6 Å². The van der Waals surface area contributed by atoms with E-state index >= 15 is 0 Å². The van der Waals surface area contributed by atoms with Crippen LogP contribution < -0.4 is 19.1 Å². The van der Waals surface area contributed by atoms with Crippen LogP contribution in [0.4, 0.5) is 10.5 Å². The van der Waals surface area contributed by atoms with Gasteiger partial charge in [-0.15, -0.1) is 0 Å². The van der Waals surface area contributed by atoms with Crippen LogP contribution in [0.15, 0.2) is 72.8 Å². The predicted octanol–water partition coefficient (Wildman–Crippen LogP) is 6.08. The molecule has 3 aromatic carbocycles. The molecule has 1 aliphatic heterocycles. The summed E-state index contributed by atoms with van der Waals surface area (Å²) in [6, 6.07) is 20.7. The molecule has 0 saturated carbocycles. The first-order valence-corrected chi connectivity index (χ1v) is 14.6. The Bertz CT molecular complexity index is 1500. The first-order valence-electron chi connectivity index (χ1n) is 14.6. The maximum atomic E-state index is 12.9. The smallest absolute Gasteiger partial charge is 0.410 e. The Morgan fingerprint density at radius 2 is 1.59 bits per heavy atom. The molecular formula is C35H40N2O7. The van der Waals surface area contributed by atoms with Gasteiger partial charge in [0.05, 0.1) is 7.11 Å². The average Bonchev–Trinajstić information content (AvgIpc) is 2.99. The third-order valence-electron chi connectivity index (χ3n) is 6.89. The molecule has 1 amide bonds. The minimum Gasteiger partial charge on any atom is -0.493 e. The standard InChI is InChI=1S/C35H40N2O7/c1-25(38)43-33-21-26(14-16-32(33)41-5)13-15-30(39)22-27-9-6-7-10-28(27)24-42-31-12-8-11-29(23-31)36-17-19-37(20-18-36)34(40)44-35(2,3)4/h6-16,21,23H,17-20,22,24H2,1-5H3/b15-13+. The zero-order valence-corrected chi connectivity index (χ0v) is 26.0. The second-order valence-corrected chi connectivity index (χ2v) is 11.5. The number of rotatable bonds is 10. The molecule has 0 aromatic heterocycles. The first-order chi connectivity index (χ1) is 21.0. The highest BCUT2D eigenvalue weighted by atomic mass is 16.6. The lowest BCUT2D eigenvalue weighted by atomic mass is 10.0. The molecule has 1 saturated heterocycles. The number of esters is 1. The Hall–Kier alpha value is -4.79. The van der Waals surface area contributed by atoms with Gasteiger partial charge in [-0.25, -0.2) is 4.79 Å². The molecule has 0 unspecified atom stereocenters. The van der Waals surface area contributed by atoms with Gasteiger partial charge in [-0.2, -0.15) is 0 Å². The molecule has 9 nitrogen and oxygen atoms in total. The number of hydrogen-bond donors (Lipinski definition) is 0. The van der Waals surface area contributed by atoms with Gasteiger partial charge < -0.3 is 28.7 Å². The highest BCUT2D eigenvalue weighted by molar-refractivity contribution is 5.95. The third kappa shape index (κ3) is 9.36. The Morgan fingerprint density at radius 3 is 2.27 bits per heavy atom. The highest BCUT2D eigenvalue weighted by Crippen LogP contribution is 2.29. The van der Waals surface area contributed by atoms with Crippen LogP contribution in [0.3, 0.4) is 0 Å². The fourth-order valence-electron chi connectivity index (χ4n) is 4.74. The van der Waals surface area contributed by atoms with E-state index in [2.05, 4.69) is 4.90 Å². The number of allylic oxidation sites excluding steroid dienone is 1. The molecule has 1 aliphatic rings. The number of carbonyl (C=O) groups excluding carboxylic acids is 3. The second-order valence-electron chi connectivity index (χ2n) is 11.5. The van der Waals surface area contributed by atoms with E-state index in [0.29, 0.717) is 49.8 Å². The third-order valence-corrected chi connectivity index (χ3v) is 6.89. The molecule has 0 atom stereocenters. The molecule has 0 spiro atoms. The van der Waals surface area contributed by atoms with Gasteiger partial charge in [0.15, 0.2) is 17.3 Å². The second kappa shape index (κ2) is 14.6. The number of carbonyl (C=O) groups is 3. The van der Waals surface area contributed by atoms with Gasteiger partial charge in [0.25, 0.3) is 0 Å². The van der Waals surface area contributed by atoms with E-state index in [4.69, 9.17) is 18.9 Å². The summed E-state index contributed by atoms with van der Waals surface area (Å²) in [6.07, 6.45) is 3.14. The van der Waals surface area contributed by atoms with Crippen LogP contribution in [0.25, 0.3) is 6.08 Å². The minimum atomic E-state index is -0.516. The van der Waals surface area contributed by atoms with E-state index in [1.165, 1.54) is 20.1 Å². The summed E-state index contributed by atoms with van der Waals surface area (Å²) >= 11 is 0. The summed E-state index contributed by atoms with van der Waals surface area (Å²) in [5.74, 6) is 0.924. The van der Waals surface area contributed by atoms with Gasteiger partial charge in [-0.3, -0.25) is 9.59 Å². The van der Waals surface area contributed by atoms with Crippen molar-refractivity contribution in [2.75, 3.05) is 38.2 Å². The molecule has 0 N–H and O–H groups in total. The van der Waals surface area contributed by atoms with E-state index < -0.39 is 11.6 Å². The quantitative estimate of drug-likeness (QED) is 0.157. The molecule has 1 fully saturated rings. The molecule has 1 heterocycles. The minimum absolute atomic E-state index is 0.0742. The number of nitrogens with zero attached hydrogens (tertiary/aromatic N) is 2. The van der Waals surface area contributed by atoms with Crippen molar-refractivity contribution in [2.45, 2.75) is 46.3 Å². The summed E-state index contributed by atoms with van der Waals surface area (Å²) in [6.45, 7) is 9.81. The zero-order valence-electron chi connectivity index (χ0n) is 26.0. The molecular weight excluding hydrogens is 560 g/mol. The first kappa shape index (κ1) is 32.1. The lowest BCUT2D eigenvalue weighted by Crippen LogP contribution is -2.50. The molecule has 232 valence electrons. The van der Waals surface area contributed by atoms with Crippen LogP contribution in [-0.4, -0.2) is 61.6 Å². The number of anilines is 1. The van der Waals surface area contributed by atoms with Gasteiger partial charge in [0.1, 0.15) is 18.0 Å². The Labute approximate surface area is 259 Å². The van der Waals surface area contributed by atoms with E-state index in [1.807, 2.05) is 69.3 Å². The summed E-state index contributed by atoms with van der Waals surface area (Å²) in [4.78, 5) is 40.7. The van der Waals surface area contributed by atoms with Crippen molar-refractivity contribution in [1.82, 2.24) is 4.90 Å². The number of amides is 1. The Morgan fingerprint density at radius 1 is 0.864 bits per heavy atom. The molecule has 0 radical (unpaired) electrons. The zero-order chi connectivity index (χ0) is 31.7. The maximum absolute atomic E-state index is 12.9. The van der Waals surface area contributed by atoms with Crippen molar-refractivity contribution in [3.63, 3.8) is 0 Å². The number of ketones is 1. The largest absolute Gasteiger partial charge is 0.493 e. The maximum Gasteiger partial charge on any atom is 0.410 e. The van der Waals surface area contributed by atoms with E-state index in [9.17, 15) is 14.4 Å². The van der Waals surface area contributed by atoms with Crippen molar-refractivity contribution in [2.24, 2.45) is 0 Å². The van der Waals surface area contributed by atoms with Gasteiger partial charge in [0, 0.05) is 51.3 Å². The Balaban J connectivity index is 1.34. The average molecular weight is 601 g/mol. The SMILES string of the molecule is COc1ccc(/C=C/C(=O)Cc2ccccc2COc2cccc(N3CCN(C(=O)OC(C)(C)C)CC3)c2)cc1OC(C)=O. The summed E-state index contributed by atoms with van der Waals surface area (Å²) in [5, 5.41) is 0. The molecule has 0 aliphatic carbocycles. The number of piperazine rings is 1. The van der Waals surface area contributed by atoms with Gasteiger partial charge in [-0.05, 0) is 67.8 Å². The number of benzene rings is 3. The summed E-state index contributed by atoms with van der Waals surface area (Å²) in [7, 11) is 1.50. The van der Waals surface area contributed by atoms with Crippen LogP contribution in [0.1, 0.15) is 44.4 Å². The molecule has 3 aromatic rings. The van der Waals surface area contributed by atoms with Crippen molar-refractivity contribution < 1.29 is 33.3 Å². The normalized spacial score (nSPS) is 13.5. The predicted molar refractivity (Wildman–Crippen MR) is 169 cm³/mol. The highest BCUT2D eigenvalue weighted by Gasteiger charge is 2.26. The monoisotopic (exact) mass is 600 g/mol. The van der Waals surface area contributed by atoms with Crippen LogP contribution in [0, 0.1) is 0 Å². The van der Waals surface area contributed by atoms with Gasteiger partial charge in [-0.1, -0.05) is 42.5 Å². The number of hydrogen-bond acceptors (Lipinski definition) is 8. The Kier molecular flexibility index (Phi) is 10.7. The van der Waals surface area contributed by atoms with Crippen LogP contribution in [0.5, 0.6) is 17.2 Å². The summed E-state index contributed by atoms with van der Waals surface area (Å²) < 4.78 is 22.1. The van der Waals surface area contributed by atoms with Crippen molar-refractivity contribution in [3.8, 4) is 17.2 Å². The molecule has 4 rings (SSSR count). The fourth-order valence-corrected chi connectivity index (χ4v) is 4.74. The van der Waals surface area contributed by atoms with Crippen molar-refractivity contribution >= 4 is 29.6 Å². The number of methoxy groups -OCH3 is 1. The van der Waals surface area contributed by atoms with Crippen molar-refractivity contribution in [3.05, 3.63) is 89.5 Å². The van der Waals surface area contributed by atoms with Gasteiger partial charge in [0.2, 0.25) is 0 Å². The number of ether oxygens (including phenoxy) is 4. The van der Waals surface area contributed by atoms with E-state index in [1.54, 1.807) is 29.2 Å². The van der Waals surface area contributed by atoms with Crippen LogP contribution in [-0.2, 0) is 27.4 Å².